The lowest BCUT2D eigenvalue weighted by molar-refractivity contribution is 0.0697. The molecule has 8 heteroatoms. The average Bonchev–Trinajstić information content (AvgIpc) is 2.70. The van der Waals surface area contributed by atoms with Gasteiger partial charge in [0.15, 0.2) is 0 Å². The Balaban J connectivity index is 2.03. The number of rotatable bonds is 3. The van der Waals surface area contributed by atoms with Gasteiger partial charge in [0.25, 0.3) is 0 Å². The van der Waals surface area contributed by atoms with Gasteiger partial charge in [0.2, 0.25) is 0 Å². The van der Waals surface area contributed by atoms with Gasteiger partial charge < -0.3 is 16.6 Å². The van der Waals surface area contributed by atoms with Gasteiger partial charge in [0.05, 0.1) is 28.0 Å². The van der Waals surface area contributed by atoms with Crippen LogP contribution in [-0.2, 0) is 0 Å². The van der Waals surface area contributed by atoms with Crippen molar-refractivity contribution in [1.29, 1.82) is 0 Å². The fraction of sp³-hybridized carbons (Fsp3) is 0. The number of thiol groups is 2. The van der Waals surface area contributed by atoms with Crippen molar-refractivity contribution in [3.63, 3.8) is 0 Å². The molecule has 0 saturated carbocycles. The molecule has 0 bridgehead atoms. The van der Waals surface area contributed by atoms with Crippen LogP contribution in [0, 0.1) is 0 Å². The summed E-state index contributed by atoms with van der Waals surface area (Å²) in [6, 6.07) is 15.5. The second-order valence-corrected chi connectivity index (χ2v) is 7.44. The van der Waals surface area contributed by atoms with E-state index in [0.29, 0.717) is 43.6 Å². The van der Waals surface area contributed by atoms with E-state index in [-0.39, 0.29) is 5.56 Å². The second kappa shape index (κ2) is 7.31. The molecule has 6 nitrogen and oxygen atoms in total. The first-order chi connectivity index (χ1) is 13.8. The number of hydrogen-bond donors (Lipinski definition) is 5. The van der Waals surface area contributed by atoms with Crippen molar-refractivity contribution in [2.24, 2.45) is 0 Å². The average molecular weight is 421 g/mol. The molecule has 0 atom stereocenters. The van der Waals surface area contributed by atoms with Crippen LogP contribution >= 0.6 is 25.3 Å². The summed E-state index contributed by atoms with van der Waals surface area (Å²) in [7, 11) is 0. The number of nitrogens with two attached hydrogens (primary N) is 2. The maximum Gasteiger partial charge on any atom is 0.335 e. The van der Waals surface area contributed by atoms with Crippen LogP contribution in [0.3, 0.4) is 0 Å². The van der Waals surface area contributed by atoms with Gasteiger partial charge in [-0.15, -0.1) is 25.3 Å². The summed E-state index contributed by atoms with van der Waals surface area (Å²) in [4.78, 5) is 22.1. The third-order valence-corrected chi connectivity index (χ3v) is 5.33. The Labute approximate surface area is 177 Å². The van der Waals surface area contributed by atoms with E-state index in [1.165, 1.54) is 12.1 Å². The Kier molecular flexibility index (Phi) is 4.81. The number of fused-ring (bicyclic) bond motifs is 1. The molecule has 1 heterocycles. The van der Waals surface area contributed by atoms with E-state index < -0.39 is 5.97 Å². The monoisotopic (exact) mass is 420 g/mol. The van der Waals surface area contributed by atoms with Crippen molar-refractivity contribution in [2.45, 2.75) is 9.79 Å². The Morgan fingerprint density at radius 3 is 1.76 bits per heavy atom. The van der Waals surface area contributed by atoms with E-state index in [2.05, 4.69) is 25.3 Å². The van der Waals surface area contributed by atoms with Gasteiger partial charge in [-0.25, -0.2) is 14.8 Å². The lowest BCUT2D eigenvalue weighted by atomic mass is 10.0. The third-order valence-electron chi connectivity index (χ3n) is 4.51. The van der Waals surface area contributed by atoms with Crippen molar-refractivity contribution in [1.82, 2.24) is 9.97 Å². The van der Waals surface area contributed by atoms with Gasteiger partial charge in [0.1, 0.15) is 0 Å². The van der Waals surface area contributed by atoms with E-state index >= 15 is 0 Å². The largest absolute Gasteiger partial charge is 0.478 e. The maximum atomic E-state index is 11.3. The number of aromatic nitrogens is 2. The van der Waals surface area contributed by atoms with Crippen LogP contribution in [-0.4, -0.2) is 21.0 Å². The number of carboxylic acid groups (broad SMARTS) is 1. The Morgan fingerprint density at radius 1 is 0.759 bits per heavy atom. The molecular formula is C21H16N4O2S2. The van der Waals surface area contributed by atoms with Gasteiger partial charge in [-0.3, -0.25) is 0 Å². The maximum absolute atomic E-state index is 11.3. The highest BCUT2D eigenvalue weighted by atomic mass is 32.1. The SMILES string of the molecule is Nc1cc(-c2nc3ccc(C(=O)O)cc3nc2-c2ccc(S)c(N)c2)ccc1S. The van der Waals surface area contributed by atoms with Gasteiger partial charge in [-0.2, -0.15) is 0 Å². The molecule has 0 unspecified atom stereocenters. The molecule has 0 aliphatic heterocycles. The van der Waals surface area contributed by atoms with Crippen molar-refractivity contribution in [2.75, 3.05) is 11.5 Å². The Morgan fingerprint density at radius 2 is 1.28 bits per heavy atom. The molecule has 29 heavy (non-hydrogen) atoms. The first-order valence-electron chi connectivity index (χ1n) is 8.56. The normalized spacial score (nSPS) is 11.0. The van der Waals surface area contributed by atoms with Crippen LogP contribution in [0.25, 0.3) is 33.5 Å². The van der Waals surface area contributed by atoms with Crippen molar-refractivity contribution in [3.8, 4) is 22.5 Å². The molecule has 0 fully saturated rings. The van der Waals surface area contributed by atoms with Gasteiger partial charge in [0, 0.05) is 32.3 Å². The summed E-state index contributed by atoms with van der Waals surface area (Å²) in [5.41, 5.74) is 16.9. The molecule has 4 rings (SSSR count). The fourth-order valence-electron chi connectivity index (χ4n) is 2.99. The number of carbonyl (C=O) groups is 1. The van der Waals surface area contributed by atoms with Crippen molar-refractivity contribution >= 4 is 53.6 Å². The zero-order chi connectivity index (χ0) is 20.7. The van der Waals surface area contributed by atoms with Gasteiger partial charge in [-0.05, 0) is 42.5 Å². The molecule has 0 radical (unpaired) electrons. The lowest BCUT2D eigenvalue weighted by Gasteiger charge is -2.13. The molecule has 0 spiro atoms. The topological polar surface area (TPSA) is 115 Å². The summed E-state index contributed by atoms with van der Waals surface area (Å²) in [6.45, 7) is 0. The lowest BCUT2D eigenvalue weighted by Crippen LogP contribution is -2.00. The van der Waals surface area contributed by atoms with Crippen LogP contribution in [0.2, 0.25) is 0 Å². The molecule has 0 amide bonds. The number of anilines is 2. The summed E-state index contributed by atoms with van der Waals surface area (Å²) in [5, 5.41) is 9.29. The summed E-state index contributed by atoms with van der Waals surface area (Å²) in [5.74, 6) is -1.03. The molecule has 0 saturated heterocycles. The smallest absolute Gasteiger partial charge is 0.335 e. The number of nitrogens with zero attached hydrogens (tertiary/aromatic N) is 2. The van der Waals surface area contributed by atoms with Crippen LogP contribution in [0.5, 0.6) is 0 Å². The first kappa shape index (κ1) is 19.1. The molecule has 3 aromatic carbocycles. The summed E-state index contributed by atoms with van der Waals surface area (Å²) >= 11 is 8.65. The molecular weight excluding hydrogens is 404 g/mol. The van der Waals surface area contributed by atoms with E-state index in [4.69, 9.17) is 21.4 Å². The number of carboxylic acids is 1. The molecule has 5 N–H and O–H groups in total. The zero-order valence-electron chi connectivity index (χ0n) is 15.0. The quantitative estimate of drug-likeness (QED) is 0.248. The number of aromatic carboxylic acids is 1. The van der Waals surface area contributed by atoms with Crippen LogP contribution < -0.4 is 11.5 Å². The predicted molar refractivity (Wildman–Crippen MR) is 121 cm³/mol. The summed E-state index contributed by atoms with van der Waals surface area (Å²) < 4.78 is 0. The number of benzene rings is 3. The minimum atomic E-state index is -1.03. The highest BCUT2D eigenvalue weighted by Crippen LogP contribution is 2.35. The van der Waals surface area contributed by atoms with Gasteiger partial charge in [-0.1, -0.05) is 12.1 Å². The molecule has 1 aromatic heterocycles. The van der Waals surface area contributed by atoms with Crippen LogP contribution in [0.15, 0.2) is 64.4 Å². The minimum Gasteiger partial charge on any atom is -0.478 e. The van der Waals surface area contributed by atoms with Crippen molar-refractivity contribution in [3.05, 3.63) is 60.2 Å². The number of nitrogen functional groups attached to an aromatic ring is 2. The van der Waals surface area contributed by atoms with Crippen LogP contribution in [0.4, 0.5) is 11.4 Å². The van der Waals surface area contributed by atoms with E-state index in [1.54, 1.807) is 30.3 Å². The standard InChI is InChI=1S/C21H16N4O2S2/c22-13-7-10(2-5-17(13)28)19-20(11-3-6-18(29)14(23)8-11)25-16-9-12(21(26)27)1-4-15(16)24-19/h1-9,28-29H,22-23H2,(H,26,27). The van der Waals surface area contributed by atoms with E-state index in [0.717, 1.165) is 11.1 Å². The first-order valence-corrected chi connectivity index (χ1v) is 9.46. The fourth-order valence-corrected chi connectivity index (χ4v) is 3.27. The molecule has 144 valence electrons. The zero-order valence-corrected chi connectivity index (χ0v) is 16.8. The third kappa shape index (κ3) is 3.59. The molecule has 0 aliphatic rings. The van der Waals surface area contributed by atoms with E-state index in [1.807, 2.05) is 12.1 Å². The van der Waals surface area contributed by atoms with E-state index in [9.17, 15) is 9.90 Å². The second-order valence-electron chi connectivity index (χ2n) is 6.48. The number of hydrogen-bond acceptors (Lipinski definition) is 7. The Bertz CT molecular complexity index is 1290. The van der Waals surface area contributed by atoms with Crippen molar-refractivity contribution < 1.29 is 9.90 Å². The summed E-state index contributed by atoms with van der Waals surface area (Å²) in [6.07, 6.45) is 0. The highest BCUT2D eigenvalue weighted by Gasteiger charge is 2.16. The van der Waals surface area contributed by atoms with Gasteiger partial charge >= 0.3 is 5.97 Å². The Hall–Kier alpha value is -3.23. The predicted octanol–water partition coefficient (Wildman–Crippen LogP) is 4.40. The minimum absolute atomic E-state index is 0.138. The van der Waals surface area contributed by atoms with Crippen LogP contribution in [0.1, 0.15) is 10.4 Å². The molecule has 0 aliphatic carbocycles. The molecule has 4 aromatic rings. The highest BCUT2D eigenvalue weighted by molar-refractivity contribution is 7.80.